The third kappa shape index (κ3) is 6.23. The molecule has 1 rings (SSSR count). The zero-order valence-electron chi connectivity index (χ0n) is 15.9. The number of anilines is 2. The highest BCUT2D eigenvalue weighted by Crippen LogP contribution is 2.37. The molecule has 0 saturated heterocycles. The molecule has 1 aromatic rings. The number of imide groups is 1. The minimum atomic E-state index is -0.963. The molecule has 7 nitrogen and oxygen atoms in total. The Labute approximate surface area is 163 Å². The second kappa shape index (κ2) is 7.90. The Morgan fingerprint density at radius 2 is 1.23 bits per heavy atom. The maximum Gasteiger partial charge on any atom is 0.424 e. The van der Waals surface area contributed by atoms with Crippen molar-refractivity contribution < 1.29 is 24.3 Å². The van der Waals surface area contributed by atoms with Gasteiger partial charge in [-0.2, -0.15) is 4.90 Å². The number of hydrogen-bond donors (Lipinski definition) is 1. The number of carbonyl (C=O) groups excluding carboxylic acids is 2. The highest BCUT2D eigenvalue weighted by Gasteiger charge is 2.34. The molecule has 0 spiro atoms. The van der Waals surface area contributed by atoms with E-state index in [2.05, 4.69) is 0 Å². The number of benzene rings is 1. The predicted octanol–water partition coefficient (Wildman–Crippen LogP) is 5.50. The van der Waals surface area contributed by atoms with Crippen molar-refractivity contribution in [1.82, 2.24) is 0 Å². The lowest BCUT2D eigenvalue weighted by molar-refractivity contribution is 0.0431. The zero-order valence-corrected chi connectivity index (χ0v) is 17.4. The minimum absolute atomic E-state index is 0.00187. The standard InChI is InChI=1S/C17H24Cl2N2O5/c1-16(2,3)25-14(22)21(15(23)26-17(4,5)6)13-9-10(18)12(20(7)24)8-11(13)19/h8-9,24H,1-7H3. The number of rotatable bonds is 2. The molecular formula is C17H24Cl2N2O5. The first-order chi connectivity index (χ1) is 11.6. The lowest BCUT2D eigenvalue weighted by Gasteiger charge is -2.29. The zero-order chi connectivity index (χ0) is 20.4. The molecule has 0 saturated carbocycles. The lowest BCUT2D eigenvalue weighted by atomic mass is 10.2. The van der Waals surface area contributed by atoms with Gasteiger partial charge in [-0.05, 0) is 53.7 Å². The van der Waals surface area contributed by atoms with Crippen LogP contribution in [0.1, 0.15) is 41.5 Å². The van der Waals surface area contributed by atoms with Crippen molar-refractivity contribution in [3.05, 3.63) is 22.2 Å². The Morgan fingerprint density at radius 1 is 0.885 bits per heavy atom. The molecule has 1 N–H and O–H groups in total. The molecular weight excluding hydrogens is 383 g/mol. The molecule has 0 radical (unpaired) electrons. The Kier molecular flexibility index (Phi) is 6.79. The van der Waals surface area contributed by atoms with E-state index < -0.39 is 23.4 Å². The summed E-state index contributed by atoms with van der Waals surface area (Å²) < 4.78 is 10.6. The summed E-state index contributed by atoms with van der Waals surface area (Å²) in [4.78, 5) is 25.9. The number of hydroxylamine groups is 1. The summed E-state index contributed by atoms with van der Waals surface area (Å²) in [5.41, 5.74) is -1.52. The first kappa shape index (κ1) is 22.3. The van der Waals surface area contributed by atoms with E-state index in [9.17, 15) is 14.8 Å². The average molecular weight is 407 g/mol. The predicted molar refractivity (Wildman–Crippen MR) is 102 cm³/mol. The number of ether oxygens (including phenoxy) is 2. The number of carbonyl (C=O) groups is 2. The Bertz CT molecular complexity index is 666. The van der Waals surface area contributed by atoms with E-state index in [0.717, 1.165) is 5.06 Å². The van der Waals surface area contributed by atoms with Gasteiger partial charge in [0.05, 0.1) is 21.4 Å². The average Bonchev–Trinajstić information content (AvgIpc) is 2.37. The van der Waals surface area contributed by atoms with E-state index in [0.29, 0.717) is 4.90 Å². The van der Waals surface area contributed by atoms with E-state index >= 15 is 0 Å². The van der Waals surface area contributed by atoms with Crippen LogP contribution < -0.4 is 9.96 Å². The van der Waals surface area contributed by atoms with Crippen molar-refractivity contribution in [2.24, 2.45) is 0 Å². The van der Waals surface area contributed by atoms with E-state index in [1.807, 2.05) is 0 Å². The van der Waals surface area contributed by atoms with Gasteiger partial charge in [-0.1, -0.05) is 23.2 Å². The summed E-state index contributed by atoms with van der Waals surface area (Å²) in [7, 11) is 1.36. The van der Waals surface area contributed by atoms with Gasteiger partial charge in [-0.3, -0.25) is 10.3 Å². The molecule has 0 aliphatic carbocycles. The van der Waals surface area contributed by atoms with Crippen LogP contribution in [0.15, 0.2) is 12.1 Å². The van der Waals surface area contributed by atoms with E-state index in [4.69, 9.17) is 32.7 Å². The van der Waals surface area contributed by atoms with E-state index in [1.165, 1.54) is 19.2 Å². The summed E-state index contributed by atoms with van der Waals surface area (Å²) in [6.45, 7) is 9.98. The molecule has 0 atom stereocenters. The molecule has 2 amide bonds. The van der Waals surface area contributed by atoms with Crippen LogP contribution in [0.4, 0.5) is 21.0 Å². The Balaban J connectivity index is 3.43. The van der Waals surface area contributed by atoms with Crippen molar-refractivity contribution in [2.45, 2.75) is 52.7 Å². The van der Waals surface area contributed by atoms with Crippen molar-refractivity contribution in [3.63, 3.8) is 0 Å². The van der Waals surface area contributed by atoms with Gasteiger partial charge in [0.25, 0.3) is 0 Å². The number of nitrogens with zero attached hydrogens (tertiary/aromatic N) is 2. The summed E-state index contributed by atoms with van der Waals surface area (Å²) in [5.74, 6) is 0. The second-order valence-corrected chi connectivity index (χ2v) is 8.39. The van der Waals surface area contributed by atoms with Gasteiger partial charge in [-0.15, -0.1) is 0 Å². The van der Waals surface area contributed by atoms with Gasteiger partial charge in [-0.25, -0.2) is 9.59 Å². The fraction of sp³-hybridized carbons (Fsp3) is 0.529. The van der Waals surface area contributed by atoms with Crippen LogP contribution >= 0.6 is 23.2 Å². The molecule has 26 heavy (non-hydrogen) atoms. The third-order valence-corrected chi connectivity index (χ3v) is 3.36. The highest BCUT2D eigenvalue weighted by atomic mass is 35.5. The highest BCUT2D eigenvalue weighted by molar-refractivity contribution is 6.38. The monoisotopic (exact) mass is 406 g/mol. The largest absolute Gasteiger partial charge is 0.443 e. The van der Waals surface area contributed by atoms with Crippen molar-refractivity contribution in [3.8, 4) is 0 Å². The smallest absolute Gasteiger partial charge is 0.424 e. The van der Waals surface area contributed by atoms with Crippen LogP contribution in [0.5, 0.6) is 0 Å². The van der Waals surface area contributed by atoms with Gasteiger partial charge in [0.15, 0.2) is 0 Å². The van der Waals surface area contributed by atoms with Crippen LogP contribution in [0.2, 0.25) is 10.0 Å². The van der Waals surface area contributed by atoms with Gasteiger partial charge >= 0.3 is 12.2 Å². The lowest BCUT2D eigenvalue weighted by Crippen LogP contribution is -2.44. The quantitative estimate of drug-likeness (QED) is 0.653. The summed E-state index contributed by atoms with van der Waals surface area (Å²) in [5, 5.41) is 10.4. The van der Waals surface area contributed by atoms with Crippen molar-refractivity contribution in [2.75, 3.05) is 17.0 Å². The summed E-state index contributed by atoms with van der Waals surface area (Å²) >= 11 is 12.3. The van der Waals surface area contributed by atoms with Crippen molar-refractivity contribution in [1.29, 1.82) is 0 Å². The fourth-order valence-electron chi connectivity index (χ4n) is 1.83. The summed E-state index contributed by atoms with van der Waals surface area (Å²) in [6, 6.07) is 2.60. The molecule has 0 heterocycles. The van der Waals surface area contributed by atoms with Crippen LogP contribution in [-0.4, -0.2) is 35.6 Å². The SMILES string of the molecule is CN(O)c1cc(Cl)c(N(C(=O)OC(C)(C)C)C(=O)OC(C)(C)C)cc1Cl. The topological polar surface area (TPSA) is 79.3 Å². The molecule has 146 valence electrons. The van der Waals surface area contributed by atoms with Crippen molar-refractivity contribution >= 4 is 46.8 Å². The Hall–Kier alpha value is -1.70. The minimum Gasteiger partial charge on any atom is -0.443 e. The maximum atomic E-state index is 12.6. The van der Waals surface area contributed by atoms with Gasteiger partial charge in [0.1, 0.15) is 11.2 Å². The first-order valence-electron chi connectivity index (χ1n) is 7.80. The molecule has 0 aliphatic heterocycles. The van der Waals surface area contributed by atoms with Crippen LogP contribution in [0.3, 0.4) is 0 Å². The fourth-order valence-corrected chi connectivity index (χ4v) is 2.35. The molecule has 0 fully saturated rings. The molecule has 0 unspecified atom stereocenters. The number of halogens is 2. The second-order valence-electron chi connectivity index (χ2n) is 7.57. The number of hydrogen-bond acceptors (Lipinski definition) is 6. The summed E-state index contributed by atoms with van der Waals surface area (Å²) in [6.07, 6.45) is -1.93. The van der Waals surface area contributed by atoms with Gasteiger partial charge in [0, 0.05) is 7.05 Å². The third-order valence-electron chi connectivity index (χ3n) is 2.76. The molecule has 9 heteroatoms. The number of amides is 2. The van der Waals surface area contributed by atoms with E-state index in [1.54, 1.807) is 41.5 Å². The first-order valence-corrected chi connectivity index (χ1v) is 8.55. The Morgan fingerprint density at radius 3 is 1.58 bits per heavy atom. The molecule has 0 bridgehead atoms. The van der Waals surface area contributed by atoms with Crippen LogP contribution in [0.25, 0.3) is 0 Å². The van der Waals surface area contributed by atoms with Gasteiger partial charge in [0.2, 0.25) is 0 Å². The molecule has 0 aliphatic rings. The molecule has 1 aromatic carbocycles. The van der Waals surface area contributed by atoms with Crippen LogP contribution in [-0.2, 0) is 9.47 Å². The van der Waals surface area contributed by atoms with Crippen LogP contribution in [0, 0.1) is 0 Å². The van der Waals surface area contributed by atoms with E-state index in [-0.39, 0.29) is 21.4 Å². The normalized spacial score (nSPS) is 11.8. The maximum absolute atomic E-state index is 12.6. The molecule has 0 aromatic heterocycles. The van der Waals surface area contributed by atoms with Gasteiger partial charge < -0.3 is 9.47 Å².